The number of rotatable bonds is 5. The third kappa shape index (κ3) is 4.61. The molecule has 2 aromatic rings. The van der Waals surface area contributed by atoms with E-state index in [4.69, 9.17) is 11.6 Å². The van der Waals surface area contributed by atoms with Crippen LogP contribution in [-0.4, -0.2) is 17.8 Å². The first-order chi connectivity index (χ1) is 10.1. The normalized spacial score (nSPS) is 12.0. The van der Waals surface area contributed by atoms with E-state index in [0.717, 1.165) is 17.5 Å². The first-order valence-electron chi connectivity index (χ1n) is 7.07. The Morgan fingerprint density at radius 1 is 1.10 bits per heavy atom. The summed E-state index contributed by atoms with van der Waals surface area (Å²) in [7, 11) is 0. The molecular formula is C18H20ClNO. The summed E-state index contributed by atoms with van der Waals surface area (Å²) in [6.45, 7) is 3.99. The van der Waals surface area contributed by atoms with Crippen molar-refractivity contribution in [1.29, 1.82) is 0 Å². The predicted molar refractivity (Wildman–Crippen MR) is 88.0 cm³/mol. The maximum absolute atomic E-state index is 12.3. The maximum atomic E-state index is 12.3. The van der Waals surface area contributed by atoms with Gasteiger partial charge in [0.1, 0.15) is 0 Å². The van der Waals surface area contributed by atoms with Crippen LogP contribution < -0.4 is 5.32 Å². The topological polar surface area (TPSA) is 29.1 Å². The second-order valence-corrected chi connectivity index (χ2v) is 5.70. The Balaban J connectivity index is 2.05. The van der Waals surface area contributed by atoms with Crippen molar-refractivity contribution >= 4 is 17.5 Å². The Kier molecular flexibility index (Phi) is 5.40. The lowest BCUT2D eigenvalue weighted by Crippen LogP contribution is -2.37. The Bertz CT molecular complexity index is 590. The fourth-order valence-electron chi connectivity index (χ4n) is 2.42. The summed E-state index contributed by atoms with van der Waals surface area (Å²) in [6.07, 6.45) is 0.737. The SMILES string of the molecule is Cc1cc(C)cc(C(=O)NC(CCl)Cc2ccccc2)c1. The van der Waals surface area contributed by atoms with E-state index < -0.39 is 0 Å². The minimum absolute atomic E-state index is 0.0663. The molecule has 0 aliphatic rings. The van der Waals surface area contributed by atoms with Gasteiger partial charge in [0.15, 0.2) is 0 Å². The van der Waals surface area contributed by atoms with Crippen molar-refractivity contribution in [2.24, 2.45) is 0 Å². The number of hydrogen-bond donors (Lipinski definition) is 1. The van der Waals surface area contributed by atoms with Crippen molar-refractivity contribution in [2.75, 3.05) is 5.88 Å². The van der Waals surface area contributed by atoms with Crippen LogP contribution in [0.4, 0.5) is 0 Å². The van der Waals surface area contributed by atoms with Crippen LogP contribution in [0.15, 0.2) is 48.5 Å². The van der Waals surface area contributed by atoms with Crippen LogP contribution in [0, 0.1) is 13.8 Å². The Labute approximate surface area is 131 Å². The van der Waals surface area contributed by atoms with Gasteiger partial charge in [-0.05, 0) is 38.0 Å². The molecule has 1 amide bonds. The highest BCUT2D eigenvalue weighted by molar-refractivity contribution is 6.18. The zero-order chi connectivity index (χ0) is 15.2. The van der Waals surface area contributed by atoms with Gasteiger partial charge in [0.2, 0.25) is 0 Å². The lowest BCUT2D eigenvalue weighted by molar-refractivity contribution is 0.0940. The second-order valence-electron chi connectivity index (χ2n) is 5.39. The molecule has 1 N–H and O–H groups in total. The lowest BCUT2D eigenvalue weighted by atomic mass is 10.0. The van der Waals surface area contributed by atoms with E-state index in [2.05, 4.69) is 11.4 Å². The molecular weight excluding hydrogens is 282 g/mol. The monoisotopic (exact) mass is 301 g/mol. The molecule has 0 aliphatic carbocycles. The van der Waals surface area contributed by atoms with Crippen molar-refractivity contribution in [2.45, 2.75) is 26.3 Å². The summed E-state index contributed by atoms with van der Waals surface area (Å²) >= 11 is 6.00. The van der Waals surface area contributed by atoms with Gasteiger partial charge in [0.25, 0.3) is 5.91 Å². The van der Waals surface area contributed by atoms with Gasteiger partial charge in [-0.1, -0.05) is 47.5 Å². The second kappa shape index (κ2) is 7.28. The van der Waals surface area contributed by atoms with Gasteiger partial charge in [-0.2, -0.15) is 0 Å². The molecule has 0 bridgehead atoms. The molecule has 2 rings (SSSR count). The summed E-state index contributed by atoms with van der Waals surface area (Å²) in [6, 6.07) is 15.8. The standard InChI is InChI=1S/C18H20ClNO/c1-13-8-14(2)10-16(9-13)18(21)20-17(12-19)11-15-6-4-3-5-7-15/h3-10,17H,11-12H2,1-2H3,(H,20,21). The van der Waals surface area contributed by atoms with Crippen molar-refractivity contribution < 1.29 is 4.79 Å². The predicted octanol–water partition coefficient (Wildman–Crippen LogP) is 3.88. The van der Waals surface area contributed by atoms with Gasteiger partial charge in [0.05, 0.1) is 0 Å². The highest BCUT2D eigenvalue weighted by Crippen LogP contribution is 2.10. The molecule has 0 fully saturated rings. The van der Waals surface area contributed by atoms with Crippen molar-refractivity contribution in [3.63, 3.8) is 0 Å². The Hall–Kier alpha value is -1.80. The van der Waals surface area contributed by atoms with Crippen LogP contribution in [0.5, 0.6) is 0 Å². The minimum Gasteiger partial charge on any atom is -0.348 e. The molecule has 1 atom stereocenters. The summed E-state index contributed by atoms with van der Waals surface area (Å²) in [5.74, 6) is 0.328. The van der Waals surface area contributed by atoms with Gasteiger partial charge in [0, 0.05) is 17.5 Å². The third-order valence-corrected chi connectivity index (χ3v) is 3.70. The highest BCUT2D eigenvalue weighted by Gasteiger charge is 2.14. The number of nitrogens with one attached hydrogen (secondary N) is 1. The quantitative estimate of drug-likeness (QED) is 0.834. The summed E-state index contributed by atoms with van der Waals surface area (Å²) in [5.41, 5.74) is 4.04. The van der Waals surface area contributed by atoms with Crippen LogP contribution in [-0.2, 0) is 6.42 Å². The van der Waals surface area contributed by atoms with Crippen LogP contribution in [0.3, 0.4) is 0 Å². The van der Waals surface area contributed by atoms with Crippen LogP contribution >= 0.6 is 11.6 Å². The number of carbonyl (C=O) groups excluding carboxylic acids is 1. The van der Waals surface area contributed by atoms with E-state index in [-0.39, 0.29) is 11.9 Å². The summed E-state index contributed by atoms with van der Waals surface area (Å²) < 4.78 is 0. The van der Waals surface area contributed by atoms with E-state index >= 15 is 0 Å². The number of halogens is 1. The van der Waals surface area contributed by atoms with E-state index in [9.17, 15) is 4.79 Å². The first-order valence-corrected chi connectivity index (χ1v) is 7.61. The fraction of sp³-hybridized carbons (Fsp3) is 0.278. The van der Waals surface area contributed by atoms with E-state index in [1.807, 2.05) is 56.3 Å². The average Bonchev–Trinajstić information content (AvgIpc) is 2.46. The minimum atomic E-state index is -0.0672. The molecule has 0 saturated heterocycles. The summed E-state index contributed by atoms with van der Waals surface area (Å²) in [5, 5.41) is 3.02. The summed E-state index contributed by atoms with van der Waals surface area (Å²) in [4.78, 5) is 12.3. The Morgan fingerprint density at radius 3 is 2.29 bits per heavy atom. The number of alkyl halides is 1. The first kappa shape index (κ1) is 15.6. The van der Waals surface area contributed by atoms with Gasteiger partial charge in [-0.3, -0.25) is 4.79 Å². The molecule has 110 valence electrons. The number of hydrogen-bond acceptors (Lipinski definition) is 1. The van der Waals surface area contributed by atoms with Crippen molar-refractivity contribution in [3.8, 4) is 0 Å². The van der Waals surface area contributed by atoms with Crippen LogP contribution in [0.1, 0.15) is 27.0 Å². The smallest absolute Gasteiger partial charge is 0.251 e. The average molecular weight is 302 g/mol. The number of aryl methyl sites for hydroxylation is 2. The largest absolute Gasteiger partial charge is 0.348 e. The van der Waals surface area contributed by atoms with Crippen LogP contribution in [0.2, 0.25) is 0 Å². The van der Waals surface area contributed by atoms with Crippen molar-refractivity contribution in [3.05, 3.63) is 70.8 Å². The van der Waals surface area contributed by atoms with Crippen LogP contribution in [0.25, 0.3) is 0 Å². The molecule has 2 aromatic carbocycles. The maximum Gasteiger partial charge on any atom is 0.251 e. The molecule has 0 saturated carbocycles. The number of carbonyl (C=O) groups is 1. The number of amides is 1. The molecule has 0 heterocycles. The van der Waals surface area contributed by atoms with Gasteiger partial charge in [-0.25, -0.2) is 0 Å². The van der Waals surface area contributed by atoms with E-state index in [1.54, 1.807) is 0 Å². The molecule has 2 nitrogen and oxygen atoms in total. The lowest BCUT2D eigenvalue weighted by Gasteiger charge is -2.16. The highest BCUT2D eigenvalue weighted by atomic mass is 35.5. The number of benzene rings is 2. The zero-order valence-corrected chi connectivity index (χ0v) is 13.2. The van der Waals surface area contributed by atoms with Gasteiger partial charge < -0.3 is 5.32 Å². The molecule has 1 unspecified atom stereocenters. The third-order valence-electron chi connectivity index (χ3n) is 3.33. The fourth-order valence-corrected chi connectivity index (χ4v) is 2.60. The van der Waals surface area contributed by atoms with Gasteiger partial charge >= 0.3 is 0 Å². The molecule has 0 aliphatic heterocycles. The zero-order valence-electron chi connectivity index (χ0n) is 12.4. The molecule has 0 spiro atoms. The molecule has 0 radical (unpaired) electrons. The van der Waals surface area contributed by atoms with E-state index in [1.165, 1.54) is 5.56 Å². The molecule has 3 heteroatoms. The Morgan fingerprint density at radius 2 is 1.71 bits per heavy atom. The molecule has 21 heavy (non-hydrogen) atoms. The van der Waals surface area contributed by atoms with E-state index in [0.29, 0.717) is 11.4 Å². The molecule has 0 aromatic heterocycles. The van der Waals surface area contributed by atoms with Crippen molar-refractivity contribution in [1.82, 2.24) is 5.32 Å². The van der Waals surface area contributed by atoms with Gasteiger partial charge in [-0.15, -0.1) is 11.6 Å².